The lowest BCUT2D eigenvalue weighted by atomic mass is 9.88. The van der Waals surface area contributed by atoms with E-state index in [1.807, 2.05) is 50.3 Å². The number of carbonyl (C=O) groups excluding carboxylic acids is 1. The summed E-state index contributed by atoms with van der Waals surface area (Å²) in [4.78, 5) is 12.4. The van der Waals surface area contributed by atoms with Gasteiger partial charge < -0.3 is 0 Å². The summed E-state index contributed by atoms with van der Waals surface area (Å²) >= 11 is 0. The van der Waals surface area contributed by atoms with Gasteiger partial charge in [0.2, 0.25) is 0 Å². The molecule has 116 valence electrons. The highest BCUT2D eigenvalue weighted by Crippen LogP contribution is 2.35. The zero-order valence-electron chi connectivity index (χ0n) is 13.6. The number of allylic oxidation sites excluding steroid dienone is 4. The second-order valence-corrected chi connectivity index (χ2v) is 5.72. The average Bonchev–Trinajstić information content (AvgIpc) is 2.60. The van der Waals surface area contributed by atoms with Crippen LogP contribution in [0.1, 0.15) is 48.6 Å². The van der Waals surface area contributed by atoms with Crippen LogP contribution in [-0.2, 0) is 6.42 Å². The molecule has 2 aromatic rings. The molecule has 0 N–H and O–H groups in total. The summed E-state index contributed by atoms with van der Waals surface area (Å²) in [7, 11) is 0. The van der Waals surface area contributed by atoms with Crippen LogP contribution in [0.5, 0.6) is 0 Å². The van der Waals surface area contributed by atoms with Crippen LogP contribution in [0.2, 0.25) is 0 Å². The minimum Gasteiger partial charge on any atom is -0.284 e. The molecule has 2 nitrogen and oxygen atoms in total. The topological polar surface area (TPSA) is 28.4 Å². The van der Waals surface area contributed by atoms with Gasteiger partial charge in [-0.2, -0.15) is 0 Å². The van der Waals surface area contributed by atoms with Crippen molar-refractivity contribution in [2.45, 2.75) is 33.1 Å². The zero-order chi connectivity index (χ0) is 16.2. The number of ketones is 1. The predicted octanol–water partition coefficient (Wildman–Crippen LogP) is 5.73. The monoisotopic (exact) mass is 305 g/mol. The summed E-state index contributed by atoms with van der Waals surface area (Å²) in [6.45, 7) is 3.96. The fraction of sp³-hybridized carbons (Fsp3) is 0.238. The van der Waals surface area contributed by atoms with E-state index in [0.29, 0.717) is 12.2 Å². The maximum atomic E-state index is 12.4. The molecule has 0 spiro atoms. The van der Waals surface area contributed by atoms with Gasteiger partial charge in [0.25, 0.3) is 5.78 Å². The summed E-state index contributed by atoms with van der Waals surface area (Å²) in [6.07, 6.45) is 8.35. The predicted molar refractivity (Wildman–Crippen MR) is 94.3 cm³/mol. The zero-order valence-corrected chi connectivity index (χ0v) is 13.6. The molecule has 0 saturated carbocycles. The summed E-state index contributed by atoms with van der Waals surface area (Å²) in [5, 5.41) is 0. The first kappa shape index (κ1) is 15.4. The van der Waals surface area contributed by atoms with E-state index in [0.717, 1.165) is 40.9 Å². The van der Waals surface area contributed by atoms with Gasteiger partial charge in [-0.1, -0.05) is 48.6 Å². The third-order valence-corrected chi connectivity index (χ3v) is 4.20. The van der Waals surface area contributed by atoms with Crippen LogP contribution in [0.15, 0.2) is 59.0 Å². The Labute approximate surface area is 137 Å². The minimum absolute atomic E-state index is 0.112. The van der Waals surface area contributed by atoms with Crippen LogP contribution in [-0.4, -0.2) is 5.78 Å². The van der Waals surface area contributed by atoms with Crippen molar-refractivity contribution in [3.63, 3.8) is 0 Å². The van der Waals surface area contributed by atoms with Gasteiger partial charge in [-0.25, -0.2) is 4.42 Å². The SMILES string of the molecule is CC=CC(=CC)c1cc(-c2ccccc2)c2c([o+]1)C(=O)CCC2. The van der Waals surface area contributed by atoms with Crippen molar-refractivity contribution < 1.29 is 9.21 Å². The smallest absolute Gasteiger partial charge is 0.284 e. The number of benzene rings is 1. The van der Waals surface area contributed by atoms with Crippen molar-refractivity contribution in [2.75, 3.05) is 0 Å². The largest absolute Gasteiger partial charge is 0.399 e. The van der Waals surface area contributed by atoms with Crippen LogP contribution in [0.4, 0.5) is 0 Å². The van der Waals surface area contributed by atoms with Gasteiger partial charge in [-0.15, -0.1) is 0 Å². The van der Waals surface area contributed by atoms with Crippen molar-refractivity contribution in [1.29, 1.82) is 0 Å². The molecule has 1 heterocycles. The average molecular weight is 305 g/mol. The van der Waals surface area contributed by atoms with Gasteiger partial charge in [0.05, 0.1) is 17.2 Å². The maximum Gasteiger partial charge on any atom is 0.399 e. The molecule has 0 aliphatic heterocycles. The standard InChI is InChI=1S/C21H21O2/c1-3-9-15(4-2)20-14-18(16-10-6-5-7-11-16)17-12-8-13-19(22)21(17)23-20/h3-7,9-11,14H,8,12-13H2,1-2H3/q+1. The Kier molecular flexibility index (Phi) is 4.52. The van der Waals surface area contributed by atoms with E-state index in [9.17, 15) is 4.79 Å². The highest BCUT2D eigenvalue weighted by atomic mass is 16.3. The van der Waals surface area contributed by atoms with Crippen LogP contribution in [0.3, 0.4) is 0 Å². The molecule has 3 rings (SSSR count). The summed E-state index contributed by atoms with van der Waals surface area (Å²) in [6, 6.07) is 12.3. The fourth-order valence-corrected chi connectivity index (χ4v) is 3.07. The quantitative estimate of drug-likeness (QED) is 0.535. The number of fused-ring (bicyclic) bond motifs is 1. The third kappa shape index (κ3) is 3.02. The van der Waals surface area contributed by atoms with E-state index in [1.165, 1.54) is 0 Å². The van der Waals surface area contributed by atoms with E-state index in [2.05, 4.69) is 18.2 Å². The van der Waals surface area contributed by atoms with Crippen LogP contribution in [0, 0.1) is 0 Å². The molecule has 0 fully saturated rings. The van der Waals surface area contributed by atoms with Crippen LogP contribution < -0.4 is 0 Å². The lowest BCUT2D eigenvalue weighted by molar-refractivity contribution is 0.0940. The van der Waals surface area contributed by atoms with E-state index >= 15 is 0 Å². The molecule has 23 heavy (non-hydrogen) atoms. The molecule has 1 aliphatic carbocycles. The molecule has 0 atom stereocenters. The van der Waals surface area contributed by atoms with E-state index < -0.39 is 0 Å². The number of carbonyl (C=O) groups is 1. The molecule has 0 saturated heterocycles. The van der Waals surface area contributed by atoms with Gasteiger partial charge in [0.15, 0.2) is 0 Å². The van der Waals surface area contributed by atoms with Crippen LogP contribution >= 0.6 is 0 Å². The Morgan fingerprint density at radius 3 is 2.61 bits per heavy atom. The maximum absolute atomic E-state index is 12.4. The minimum atomic E-state index is 0.112. The van der Waals surface area contributed by atoms with E-state index in [-0.39, 0.29) is 5.78 Å². The molecule has 1 aromatic heterocycles. The lowest BCUT2D eigenvalue weighted by Gasteiger charge is -2.12. The van der Waals surface area contributed by atoms with E-state index in [4.69, 9.17) is 4.42 Å². The highest BCUT2D eigenvalue weighted by Gasteiger charge is 2.33. The molecule has 1 aliphatic rings. The molecular formula is C21H21O2+. The summed E-state index contributed by atoms with van der Waals surface area (Å²) in [5.74, 6) is 1.40. The molecule has 1 aromatic carbocycles. The molecule has 0 radical (unpaired) electrons. The highest BCUT2D eigenvalue weighted by molar-refractivity contribution is 5.98. The number of rotatable bonds is 3. The first-order chi connectivity index (χ1) is 11.2. The van der Waals surface area contributed by atoms with Gasteiger partial charge >= 0.3 is 11.5 Å². The second-order valence-electron chi connectivity index (χ2n) is 5.72. The van der Waals surface area contributed by atoms with Gasteiger partial charge in [-0.3, -0.25) is 4.79 Å². The van der Waals surface area contributed by atoms with Crippen molar-refractivity contribution in [3.8, 4) is 11.1 Å². The molecular weight excluding hydrogens is 284 g/mol. The third-order valence-electron chi connectivity index (χ3n) is 4.20. The Morgan fingerprint density at radius 1 is 1.13 bits per heavy atom. The van der Waals surface area contributed by atoms with Crippen LogP contribution in [0.25, 0.3) is 16.7 Å². The molecule has 0 amide bonds. The Morgan fingerprint density at radius 2 is 1.91 bits per heavy atom. The second kappa shape index (κ2) is 6.74. The summed E-state index contributed by atoms with van der Waals surface area (Å²) < 4.78 is 6.01. The van der Waals surface area contributed by atoms with Crippen molar-refractivity contribution in [3.05, 3.63) is 71.7 Å². The number of hydrogen-bond donors (Lipinski definition) is 0. The van der Waals surface area contributed by atoms with E-state index in [1.54, 1.807) is 0 Å². The van der Waals surface area contributed by atoms with Gasteiger partial charge in [-0.05, 0) is 32.3 Å². The first-order valence-electron chi connectivity index (χ1n) is 8.12. The lowest BCUT2D eigenvalue weighted by Crippen LogP contribution is -2.12. The molecule has 2 heteroatoms. The Balaban J connectivity index is 2.25. The van der Waals surface area contributed by atoms with Crippen molar-refractivity contribution >= 4 is 11.4 Å². The Hall–Kier alpha value is -2.48. The molecule has 0 bridgehead atoms. The normalized spacial score (nSPS) is 15.0. The van der Waals surface area contributed by atoms with Gasteiger partial charge in [0.1, 0.15) is 0 Å². The fourth-order valence-electron chi connectivity index (χ4n) is 3.07. The van der Waals surface area contributed by atoms with Gasteiger partial charge in [0, 0.05) is 12.0 Å². The number of Topliss-reactive ketones (excluding diaryl/α,β-unsaturated/α-hetero) is 1. The first-order valence-corrected chi connectivity index (χ1v) is 8.12. The Bertz CT molecular complexity index is 783. The van der Waals surface area contributed by atoms with Crippen molar-refractivity contribution in [2.24, 2.45) is 0 Å². The summed E-state index contributed by atoms with van der Waals surface area (Å²) in [5.41, 5.74) is 4.28. The molecule has 0 unspecified atom stereocenters. The van der Waals surface area contributed by atoms with Crippen molar-refractivity contribution in [1.82, 2.24) is 0 Å². The number of hydrogen-bond acceptors (Lipinski definition) is 1.